The zero-order valence-electron chi connectivity index (χ0n) is 8.29. The van der Waals surface area contributed by atoms with E-state index in [9.17, 15) is 0 Å². The molecule has 0 amide bonds. The topological polar surface area (TPSA) is 65.6 Å². The van der Waals surface area contributed by atoms with Gasteiger partial charge in [0.25, 0.3) is 0 Å². The van der Waals surface area contributed by atoms with Gasteiger partial charge in [0.2, 0.25) is 0 Å². The van der Waals surface area contributed by atoms with Crippen LogP contribution in [-0.4, -0.2) is 40.9 Å². The number of H-pyrrole nitrogens is 1. The number of aryl methyl sites for hydroxylation is 1. The van der Waals surface area contributed by atoms with Gasteiger partial charge in [-0.05, 0) is 25.9 Å². The van der Waals surface area contributed by atoms with Crippen LogP contribution >= 0.6 is 0 Å². The molecule has 1 saturated heterocycles. The molecule has 2 heterocycles. The summed E-state index contributed by atoms with van der Waals surface area (Å²) in [5.74, 6) is 0.983. The molecule has 1 atom stereocenters. The van der Waals surface area contributed by atoms with Crippen molar-refractivity contribution < 1.29 is 0 Å². The van der Waals surface area contributed by atoms with Crippen LogP contribution in [0.15, 0.2) is 6.33 Å². The number of hydrogen-bond donors (Lipinski definition) is 3. The third-order valence-corrected chi connectivity index (χ3v) is 2.55. The first-order valence-electron chi connectivity index (χ1n) is 5.23. The molecular formula is C9H17N5. The largest absolute Gasteiger partial charge is 0.315 e. The summed E-state index contributed by atoms with van der Waals surface area (Å²) in [7, 11) is 0. The van der Waals surface area contributed by atoms with E-state index in [1.165, 1.54) is 6.42 Å². The van der Waals surface area contributed by atoms with Crippen molar-refractivity contribution in [3.8, 4) is 0 Å². The molecule has 0 aromatic carbocycles. The normalized spacial score (nSPS) is 21.6. The Morgan fingerprint density at radius 1 is 1.57 bits per heavy atom. The minimum absolute atomic E-state index is 0.671. The molecule has 0 bridgehead atoms. The molecule has 1 aliphatic heterocycles. The Hall–Kier alpha value is -0.940. The summed E-state index contributed by atoms with van der Waals surface area (Å²) < 4.78 is 0. The van der Waals surface area contributed by atoms with Crippen molar-refractivity contribution in [3.63, 3.8) is 0 Å². The number of rotatable bonds is 5. The smallest absolute Gasteiger partial charge is 0.137 e. The van der Waals surface area contributed by atoms with Crippen LogP contribution in [0.25, 0.3) is 0 Å². The summed E-state index contributed by atoms with van der Waals surface area (Å²) in [5, 5.41) is 13.5. The molecule has 14 heavy (non-hydrogen) atoms. The SMILES string of the molecule is c1n[nH]c(CCCNC2CCNC2)n1. The highest BCUT2D eigenvalue weighted by atomic mass is 15.2. The van der Waals surface area contributed by atoms with Gasteiger partial charge in [-0.1, -0.05) is 0 Å². The van der Waals surface area contributed by atoms with Gasteiger partial charge in [0.1, 0.15) is 12.2 Å². The van der Waals surface area contributed by atoms with Gasteiger partial charge in [-0.3, -0.25) is 5.10 Å². The lowest BCUT2D eigenvalue weighted by atomic mass is 10.2. The average molecular weight is 195 g/mol. The van der Waals surface area contributed by atoms with Gasteiger partial charge in [0.05, 0.1) is 0 Å². The molecule has 5 nitrogen and oxygen atoms in total. The van der Waals surface area contributed by atoms with Gasteiger partial charge in [-0.2, -0.15) is 5.10 Å². The van der Waals surface area contributed by atoms with Crippen molar-refractivity contribution >= 4 is 0 Å². The summed E-state index contributed by atoms with van der Waals surface area (Å²) >= 11 is 0. The van der Waals surface area contributed by atoms with E-state index in [4.69, 9.17) is 0 Å². The molecule has 0 radical (unpaired) electrons. The summed E-state index contributed by atoms with van der Waals surface area (Å²) in [6, 6.07) is 0.671. The van der Waals surface area contributed by atoms with Crippen molar-refractivity contribution in [1.29, 1.82) is 0 Å². The molecule has 1 aromatic heterocycles. The Morgan fingerprint density at radius 2 is 2.57 bits per heavy atom. The molecule has 0 spiro atoms. The van der Waals surface area contributed by atoms with Crippen molar-refractivity contribution in [1.82, 2.24) is 25.8 Å². The van der Waals surface area contributed by atoms with Crippen molar-refractivity contribution in [2.75, 3.05) is 19.6 Å². The van der Waals surface area contributed by atoms with Crippen LogP contribution in [0.1, 0.15) is 18.7 Å². The van der Waals surface area contributed by atoms with Gasteiger partial charge in [-0.15, -0.1) is 0 Å². The maximum Gasteiger partial charge on any atom is 0.137 e. The molecule has 0 aliphatic carbocycles. The van der Waals surface area contributed by atoms with Crippen LogP contribution in [0.4, 0.5) is 0 Å². The Kier molecular flexibility index (Phi) is 3.48. The molecule has 3 N–H and O–H groups in total. The Morgan fingerprint density at radius 3 is 3.29 bits per heavy atom. The lowest BCUT2D eigenvalue weighted by molar-refractivity contribution is 0.533. The highest BCUT2D eigenvalue weighted by Crippen LogP contribution is 1.98. The summed E-state index contributed by atoms with van der Waals surface area (Å²) in [6.45, 7) is 3.33. The summed E-state index contributed by atoms with van der Waals surface area (Å²) in [4.78, 5) is 4.08. The molecular weight excluding hydrogens is 178 g/mol. The summed E-state index contributed by atoms with van der Waals surface area (Å²) in [6.07, 6.45) is 4.91. The first-order valence-corrected chi connectivity index (χ1v) is 5.23. The Labute approximate surface area is 83.7 Å². The van der Waals surface area contributed by atoms with Crippen LogP contribution < -0.4 is 10.6 Å². The molecule has 1 unspecified atom stereocenters. The van der Waals surface area contributed by atoms with Crippen LogP contribution in [-0.2, 0) is 6.42 Å². The van der Waals surface area contributed by atoms with Crippen LogP contribution in [0.5, 0.6) is 0 Å². The molecule has 78 valence electrons. The Bertz CT molecular complexity index is 240. The van der Waals surface area contributed by atoms with E-state index in [0.29, 0.717) is 6.04 Å². The van der Waals surface area contributed by atoms with Gasteiger partial charge >= 0.3 is 0 Å². The van der Waals surface area contributed by atoms with Crippen molar-refractivity contribution in [2.45, 2.75) is 25.3 Å². The van der Waals surface area contributed by atoms with E-state index < -0.39 is 0 Å². The Balaban J connectivity index is 1.55. The minimum Gasteiger partial charge on any atom is -0.315 e. The zero-order chi connectivity index (χ0) is 9.64. The second-order valence-electron chi connectivity index (χ2n) is 3.68. The maximum atomic E-state index is 4.08. The first-order chi connectivity index (χ1) is 6.95. The maximum absolute atomic E-state index is 4.08. The monoisotopic (exact) mass is 195 g/mol. The van der Waals surface area contributed by atoms with Crippen molar-refractivity contribution in [2.24, 2.45) is 0 Å². The molecule has 1 aromatic rings. The highest BCUT2D eigenvalue weighted by Gasteiger charge is 2.12. The third-order valence-electron chi connectivity index (χ3n) is 2.55. The third kappa shape index (κ3) is 2.78. The first kappa shape index (κ1) is 9.61. The van der Waals surface area contributed by atoms with E-state index in [0.717, 1.165) is 38.3 Å². The van der Waals surface area contributed by atoms with Crippen LogP contribution in [0.2, 0.25) is 0 Å². The average Bonchev–Trinajstić information content (AvgIpc) is 2.86. The molecule has 5 heteroatoms. The van der Waals surface area contributed by atoms with E-state index >= 15 is 0 Å². The van der Waals surface area contributed by atoms with E-state index in [1.807, 2.05) is 0 Å². The van der Waals surface area contributed by atoms with Gasteiger partial charge in [0.15, 0.2) is 0 Å². The quantitative estimate of drug-likeness (QED) is 0.564. The van der Waals surface area contributed by atoms with E-state index in [2.05, 4.69) is 25.8 Å². The molecule has 2 rings (SSSR count). The zero-order valence-corrected chi connectivity index (χ0v) is 8.29. The molecule has 1 aliphatic rings. The fraction of sp³-hybridized carbons (Fsp3) is 0.778. The van der Waals surface area contributed by atoms with Gasteiger partial charge in [-0.25, -0.2) is 4.98 Å². The molecule has 0 saturated carbocycles. The minimum atomic E-state index is 0.671. The fourth-order valence-electron chi connectivity index (χ4n) is 1.74. The lowest BCUT2D eigenvalue weighted by Crippen LogP contribution is -2.31. The second-order valence-corrected chi connectivity index (χ2v) is 3.68. The standard InChI is InChI=1S/C9H17N5/c1(2-9-12-7-13-14-9)4-11-8-3-5-10-6-8/h7-8,10-11H,1-6H2,(H,12,13,14). The van der Waals surface area contributed by atoms with Gasteiger partial charge in [0, 0.05) is 19.0 Å². The van der Waals surface area contributed by atoms with Crippen LogP contribution in [0, 0.1) is 0 Å². The number of aromatic nitrogens is 3. The van der Waals surface area contributed by atoms with Crippen LogP contribution in [0.3, 0.4) is 0 Å². The number of hydrogen-bond acceptors (Lipinski definition) is 4. The lowest BCUT2D eigenvalue weighted by Gasteiger charge is -2.09. The van der Waals surface area contributed by atoms with Gasteiger partial charge < -0.3 is 10.6 Å². The van der Waals surface area contributed by atoms with Crippen molar-refractivity contribution in [3.05, 3.63) is 12.2 Å². The number of aromatic amines is 1. The molecule has 1 fully saturated rings. The predicted molar refractivity (Wildman–Crippen MR) is 54.0 cm³/mol. The predicted octanol–water partition coefficient (Wildman–Crippen LogP) is -0.311. The van der Waals surface area contributed by atoms with E-state index in [1.54, 1.807) is 6.33 Å². The van der Waals surface area contributed by atoms with E-state index in [-0.39, 0.29) is 0 Å². The highest BCUT2D eigenvalue weighted by molar-refractivity contribution is 4.81. The second kappa shape index (κ2) is 5.07. The summed E-state index contributed by atoms with van der Waals surface area (Å²) in [5.41, 5.74) is 0. The number of nitrogens with zero attached hydrogens (tertiary/aromatic N) is 2. The number of nitrogens with one attached hydrogen (secondary N) is 3. The fourth-order valence-corrected chi connectivity index (χ4v) is 1.74.